The van der Waals surface area contributed by atoms with Crippen molar-refractivity contribution in [3.8, 4) is 5.75 Å². The Morgan fingerprint density at radius 1 is 1.33 bits per heavy atom. The Bertz CT molecular complexity index is 572. The molecule has 1 heterocycles. The molecule has 0 aliphatic rings. The van der Waals surface area contributed by atoms with E-state index in [0.29, 0.717) is 18.8 Å². The van der Waals surface area contributed by atoms with E-state index in [-0.39, 0.29) is 5.97 Å². The van der Waals surface area contributed by atoms with Crippen LogP contribution >= 0.6 is 0 Å². The van der Waals surface area contributed by atoms with Crippen LogP contribution in [-0.4, -0.2) is 24.3 Å². The van der Waals surface area contributed by atoms with Gasteiger partial charge in [0.2, 0.25) is 0 Å². The van der Waals surface area contributed by atoms with Gasteiger partial charge in [0, 0.05) is 11.9 Å². The average molecular weight is 247 g/mol. The van der Waals surface area contributed by atoms with Crippen LogP contribution in [0.1, 0.15) is 24.3 Å². The van der Waals surface area contributed by atoms with Crippen molar-refractivity contribution >= 4 is 16.9 Å². The van der Waals surface area contributed by atoms with Crippen LogP contribution in [0.2, 0.25) is 0 Å². The van der Waals surface area contributed by atoms with Crippen molar-refractivity contribution < 1.29 is 14.3 Å². The minimum atomic E-state index is -0.294. The first-order chi connectivity index (χ1) is 8.72. The van der Waals surface area contributed by atoms with Crippen molar-refractivity contribution in [2.45, 2.75) is 20.4 Å². The zero-order valence-corrected chi connectivity index (χ0v) is 10.9. The lowest BCUT2D eigenvalue weighted by Crippen LogP contribution is -2.11. The topological polar surface area (TPSA) is 40.5 Å². The first-order valence-electron chi connectivity index (χ1n) is 6.06. The Morgan fingerprint density at radius 2 is 2.11 bits per heavy atom. The number of carbonyl (C=O) groups is 1. The van der Waals surface area contributed by atoms with Crippen LogP contribution in [0, 0.1) is 0 Å². The standard InChI is InChI=1S/C14H17NO3/c1-4-15-11(14(16)18-5-2)9-10-7-6-8-12(17-3)13(10)15/h6-9H,4-5H2,1-3H3. The molecule has 0 radical (unpaired) electrons. The minimum absolute atomic E-state index is 0.294. The molecule has 2 aromatic rings. The van der Waals surface area contributed by atoms with Crippen molar-refractivity contribution in [1.29, 1.82) is 0 Å². The maximum atomic E-state index is 11.9. The molecule has 0 spiro atoms. The van der Waals surface area contributed by atoms with Gasteiger partial charge in [-0.2, -0.15) is 0 Å². The highest BCUT2D eigenvalue weighted by molar-refractivity contribution is 5.97. The van der Waals surface area contributed by atoms with Crippen LogP contribution in [0.3, 0.4) is 0 Å². The van der Waals surface area contributed by atoms with Crippen LogP contribution in [0.5, 0.6) is 5.75 Å². The predicted molar refractivity (Wildman–Crippen MR) is 70.1 cm³/mol. The molecule has 96 valence electrons. The number of rotatable bonds is 4. The summed E-state index contributed by atoms with van der Waals surface area (Å²) in [5.74, 6) is 0.475. The Balaban J connectivity index is 2.65. The number of fused-ring (bicyclic) bond motifs is 1. The monoisotopic (exact) mass is 247 g/mol. The zero-order valence-electron chi connectivity index (χ0n) is 10.9. The first kappa shape index (κ1) is 12.5. The smallest absolute Gasteiger partial charge is 0.354 e. The van der Waals surface area contributed by atoms with Gasteiger partial charge in [-0.15, -0.1) is 0 Å². The number of benzene rings is 1. The number of ether oxygens (including phenoxy) is 2. The van der Waals surface area contributed by atoms with Gasteiger partial charge >= 0.3 is 5.97 Å². The van der Waals surface area contributed by atoms with Gasteiger partial charge in [0.1, 0.15) is 11.4 Å². The van der Waals surface area contributed by atoms with Crippen LogP contribution in [0.4, 0.5) is 0 Å². The summed E-state index contributed by atoms with van der Waals surface area (Å²) in [7, 11) is 1.63. The van der Waals surface area contributed by atoms with E-state index in [9.17, 15) is 4.79 Å². The predicted octanol–water partition coefficient (Wildman–Crippen LogP) is 2.85. The molecule has 4 nitrogen and oxygen atoms in total. The lowest BCUT2D eigenvalue weighted by Gasteiger charge is -2.09. The number of aryl methyl sites for hydroxylation is 1. The summed E-state index contributed by atoms with van der Waals surface area (Å²) in [6.07, 6.45) is 0. The molecule has 2 rings (SSSR count). The van der Waals surface area contributed by atoms with Crippen LogP contribution in [0.15, 0.2) is 24.3 Å². The van der Waals surface area contributed by atoms with Gasteiger partial charge in [-0.05, 0) is 26.0 Å². The first-order valence-corrected chi connectivity index (χ1v) is 6.06. The van der Waals surface area contributed by atoms with Crippen molar-refractivity contribution in [2.24, 2.45) is 0 Å². The molecule has 1 aromatic carbocycles. The average Bonchev–Trinajstić information content (AvgIpc) is 2.77. The number of hydrogen-bond acceptors (Lipinski definition) is 3. The number of hydrogen-bond donors (Lipinski definition) is 0. The van der Waals surface area contributed by atoms with Crippen molar-refractivity contribution in [2.75, 3.05) is 13.7 Å². The summed E-state index contributed by atoms with van der Waals surface area (Å²) in [6, 6.07) is 7.62. The van der Waals surface area contributed by atoms with E-state index in [2.05, 4.69) is 0 Å². The molecule has 0 fully saturated rings. The summed E-state index contributed by atoms with van der Waals surface area (Å²) >= 11 is 0. The summed E-state index contributed by atoms with van der Waals surface area (Å²) < 4.78 is 12.3. The molecule has 0 unspecified atom stereocenters. The molecule has 4 heteroatoms. The quantitative estimate of drug-likeness (QED) is 0.780. The summed E-state index contributed by atoms with van der Waals surface area (Å²) in [6.45, 7) is 4.87. The Hall–Kier alpha value is -1.97. The van der Waals surface area contributed by atoms with E-state index >= 15 is 0 Å². The molecule has 0 atom stereocenters. The second-order valence-corrected chi connectivity index (χ2v) is 3.89. The molecule has 18 heavy (non-hydrogen) atoms. The molecule has 0 saturated carbocycles. The molecule has 0 amide bonds. The normalized spacial score (nSPS) is 10.6. The Labute approximate surface area is 106 Å². The van der Waals surface area contributed by atoms with Gasteiger partial charge in [0.25, 0.3) is 0 Å². The van der Waals surface area contributed by atoms with E-state index in [4.69, 9.17) is 9.47 Å². The largest absolute Gasteiger partial charge is 0.495 e. The zero-order chi connectivity index (χ0) is 13.1. The van der Waals surface area contributed by atoms with E-state index < -0.39 is 0 Å². The molecule has 0 N–H and O–H groups in total. The van der Waals surface area contributed by atoms with Crippen molar-refractivity contribution in [3.63, 3.8) is 0 Å². The van der Waals surface area contributed by atoms with Crippen molar-refractivity contribution in [1.82, 2.24) is 4.57 Å². The Kier molecular flexibility index (Phi) is 3.55. The Morgan fingerprint density at radius 3 is 2.72 bits per heavy atom. The van der Waals surface area contributed by atoms with Crippen molar-refractivity contribution in [3.05, 3.63) is 30.0 Å². The molecule has 0 saturated heterocycles. The van der Waals surface area contributed by atoms with Gasteiger partial charge in [-0.3, -0.25) is 0 Å². The summed E-state index contributed by atoms with van der Waals surface area (Å²) in [5.41, 5.74) is 1.50. The van der Waals surface area contributed by atoms with Gasteiger partial charge in [-0.25, -0.2) is 4.79 Å². The lowest BCUT2D eigenvalue weighted by atomic mass is 10.2. The minimum Gasteiger partial charge on any atom is -0.495 e. The third kappa shape index (κ3) is 1.94. The summed E-state index contributed by atoms with van der Waals surface area (Å²) in [4.78, 5) is 11.9. The molecule has 0 aliphatic heterocycles. The third-order valence-electron chi connectivity index (χ3n) is 2.90. The fourth-order valence-corrected chi connectivity index (χ4v) is 2.16. The van der Waals surface area contributed by atoms with E-state index in [1.54, 1.807) is 14.0 Å². The molecular weight excluding hydrogens is 230 g/mol. The highest BCUT2D eigenvalue weighted by Gasteiger charge is 2.17. The summed E-state index contributed by atoms with van der Waals surface area (Å²) in [5, 5.41) is 0.985. The highest BCUT2D eigenvalue weighted by atomic mass is 16.5. The van der Waals surface area contributed by atoms with Gasteiger partial charge in [0.05, 0.1) is 19.2 Å². The number of nitrogens with zero attached hydrogens (tertiary/aromatic N) is 1. The maximum absolute atomic E-state index is 11.9. The number of methoxy groups -OCH3 is 1. The lowest BCUT2D eigenvalue weighted by molar-refractivity contribution is 0.0514. The molecule has 0 aliphatic carbocycles. The van der Waals surface area contributed by atoms with E-state index in [1.165, 1.54) is 0 Å². The van der Waals surface area contributed by atoms with Crippen LogP contribution in [-0.2, 0) is 11.3 Å². The molecule has 1 aromatic heterocycles. The number of aromatic nitrogens is 1. The van der Waals surface area contributed by atoms with Gasteiger partial charge < -0.3 is 14.0 Å². The molecular formula is C14H17NO3. The molecule has 0 bridgehead atoms. The number of carbonyl (C=O) groups excluding carboxylic acids is 1. The SMILES string of the molecule is CCOC(=O)c1cc2cccc(OC)c2n1CC. The van der Waals surface area contributed by atoms with Crippen LogP contribution in [0.25, 0.3) is 10.9 Å². The second-order valence-electron chi connectivity index (χ2n) is 3.89. The van der Waals surface area contributed by atoms with Gasteiger partial charge in [-0.1, -0.05) is 12.1 Å². The third-order valence-corrected chi connectivity index (χ3v) is 2.90. The van der Waals surface area contributed by atoms with Gasteiger partial charge in [0.15, 0.2) is 0 Å². The van der Waals surface area contributed by atoms with Crippen LogP contribution < -0.4 is 4.74 Å². The highest BCUT2D eigenvalue weighted by Crippen LogP contribution is 2.29. The number of para-hydroxylation sites is 1. The maximum Gasteiger partial charge on any atom is 0.354 e. The van der Waals surface area contributed by atoms with E-state index in [0.717, 1.165) is 16.7 Å². The van der Waals surface area contributed by atoms with E-state index in [1.807, 2.05) is 35.8 Å². The fraction of sp³-hybridized carbons (Fsp3) is 0.357. The number of esters is 1. The fourth-order valence-electron chi connectivity index (χ4n) is 2.16. The second kappa shape index (κ2) is 5.12.